The van der Waals surface area contributed by atoms with Crippen molar-refractivity contribution in [3.8, 4) is 0 Å². The Morgan fingerprint density at radius 1 is 1.19 bits per heavy atom. The minimum Gasteiger partial charge on any atom is -0.480 e. The van der Waals surface area contributed by atoms with Crippen LogP contribution in [-0.4, -0.2) is 42.9 Å². The lowest BCUT2D eigenvalue weighted by molar-refractivity contribution is -0.138. The van der Waals surface area contributed by atoms with Crippen LogP contribution in [0.15, 0.2) is 30.3 Å². The fourth-order valence-corrected chi connectivity index (χ4v) is 3.82. The van der Waals surface area contributed by atoms with E-state index in [1.807, 2.05) is 6.07 Å². The molecule has 1 saturated heterocycles. The van der Waals surface area contributed by atoms with Gasteiger partial charge in [0.1, 0.15) is 6.04 Å². The van der Waals surface area contributed by atoms with Gasteiger partial charge in [0.25, 0.3) is 10.2 Å². The Morgan fingerprint density at radius 3 is 2.38 bits per heavy atom. The molecule has 116 valence electrons. The standard InChI is InChI=1S/C14H20N2O4S/c17-14(18)13(11-12-7-3-1-4-8-12)15-21(19,20)16-9-5-2-6-10-16/h1,3-4,7-8,13,15H,2,5-6,9-11H2,(H,17,18)/t13-/m1/s1. The highest BCUT2D eigenvalue weighted by atomic mass is 32.2. The third-order valence-corrected chi connectivity index (χ3v) is 5.15. The second-order valence-corrected chi connectivity index (χ2v) is 6.87. The maximum atomic E-state index is 12.2. The Balaban J connectivity index is 2.07. The average molecular weight is 312 g/mol. The number of carboxylic acid groups (broad SMARTS) is 1. The van der Waals surface area contributed by atoms with E-state index in [1.165, 1.54) is 4.31 Å². The number of aliphatic carboxylic acids is 1. The molecule has 1 aliphatic rings. The number of hydrogen-bond donors (Lipinski definition) is 2. The molecule has 1 aromatic carbocycles. The highest BCUT2D eigenvalue weighted by Crippen LogP contribution is 2.13. The molecule has 0 radical (unpaired) electrons. The monoisotopic (exact) mass is 312 g/mol. The topological polar surface area (TPSA) is 86.7 Å². The Morgan fingerprint density at radius 2 is 1.81 bits per heavy atom. The van der Waals surface area contributed by atoms with Gasteiger partial charge in [0.15, 0.2) is 0 Å². The predicted octanol–water partition coefficient (Wildman–Crippen LogP) is 1.00. The van der Waals surface area contributed by atoms with Crippen LogP contribution in [0.2, 0.25) is 0 Å². The molecule has 0 aliphatic carbocycles. The summed E-state index contributed by atoms with van der Waals surface area (Å²) < 4.78 is 28.1. The van der Waals surface area contributed by atoms with Gasteiger partial charge in [-0.25, -0.2) is 0 Å². The first kappa shape index (κ1) is 15.9. The zero-order valence-electron chi connectivity index (χ0n) is 11.7. The second kappa shape index (κ2) is 7.02. The van der Waals surface area contributed by atoms with Gasteiger partial charge in [0, 0.05) is 13.1 Å². The van der Waals surface area contributed by atoms with E-state index in [2.05, 4.69) is 4.72 Å². The van der Waals surface area contributed by atoms with Crippen LogP contribution in [-0.2, 0) is 21.4 Å². The molecule has 1 fully saturated rings. The van der Waals surface area contributed by atoms with Gasteiger partial charge in [-0.3, -0.25) is 4.79 Å². The van der Waals surface area contributed by atoms with Crippen LogP contribution < -0.4 is 4.72 Å². The lowest BCUT2D eigenvalue weighted by Crippen LogP contribution is -2.50. The first-order chi connectivity index (χ1) is 9.99. The third kappa shape index (κ3) is 4.52. The van der Waals surface area contributed by atoms with E-state index >= 15 is 0 Å². The van der Waals surface area contributed by atoms with Gasteiger partial charge in [0.2, 0.25) is 0 Å². The third-order valence-electron chi connectivity index (χ3n) is 3.53. The maximum absolute atomic E-state index is 12.2. The summed E-state index contributed by atoms with van der Waals surface area (Å²) in [6.45, 7) is 0.903. The number of benzene rings is 1. The molecule has 2 N–H and O–H groups in total. The number of carboxylic acids is 1. The molecule has 2 rings (SSSR count). The molecular formula is C14H20N2O4S. The fourth-order valence-electron chi connectivity index (χ4n) is 2.39. The lowest BCUT2D eigenvalue weighted by Gasteiger charge is -2.27. The van der Waals surface area contributed by atoms with Crippen LogP contribution in [0.5, 0.6) is 0 Å². The zero-order valence-corrected chi connectivity index (χ0v) is 12.6. The Labute approximate surface area is 125 Å². The van der Waals surface area contributed by atoms with E-state index in [0.29, 0.717) is 13.1 Å². The molecule has 7 heteroatoms. The predicted molar refractivity (Wildman–Crippen MR) is 79.0 cm³/mol. The van der Waals surface area contributed by atoms with Gasteiger partial charge in [-0.15, -0.1) is 0 Å². The highest BCUT2D eigenvalue weighted by Gasteiger charge is 2.29. The van der Waals surface area contributed by atoms with Gasteiger partial charge in [-0.1, -0.05) is 36.8 Å². The van der Waals surface area contributed by atoms with Crippen LogP contribution in [0, 0.1) is 0 Å². The van der Waals surface area contributed by atoms with Crippen molar-refractivity contribution in [2.24, 2.45) is 0 Å². The molecule has 0 spiro atoms. The summed E-state index contributed by atoms with van der Waals surface area (Å²) in [6, 6.07) is 7.84. The first-order valence-electron chi connectivity index (χ1n) is 7.03. The number of hydrogen-bond acceptors (Lipinski definition) is 3. The van der Waals surface area contributed by atoms with Crippen molar-refractivity contribution >= 4 is 16.2 Å². The van der Waals surface area contributed by atoms with Crippen LogP contribution >= 0.6 is 0 Å². The Bertz CT molecular complexity index is 568. The van der Waals surface area contributed by atoms with Gasteiger partial charge < -0.3 is 5.11 Å². The smallest absolute Gasteiger partial charge is 0.322 e. The minimum absolute atomic E-state index is 0.128. The molecule has 0 saturated carbocycles. The summed E-state index contributed by atoms with van der Waals surface area (Å²) in [6.07, 6.45) is 2.77. The quantitative estimate of drug-likeness (QED) is 0.820. The van der Waals surface area contributed by atoms with Crippen molar-refractivity contribution in [3.05, 3.63) is 35.9 Å². The summed E-state index contributed by atoms with van der Waals surface area (Å²) in [5.41, 5.74) is 0.784. The van der Waals surface area contributed by atoms with Crippen molar-refractivity contribution in [1.82, 2.24) is 9.03 Å². The van der Waals surface area contributed by atoms with Crippen LogP contribution in [0.1, 0.15) is 24.8 Å². The van der Waals surface area contributed by atoms with Crippen molar-refractivity contribution in [3.63, 3.8) is 0 Å². The van der Waals surface area contributed by atoms with Gasteiger partial charge in [-0.2, -0.15) is 17.4 Å². The summed E-state index contributed by atoms with van der Waals surface area (Å²) >= 11 is 0. The highest BCUT2D eigenvalue weighted by molar-refractivity contribution is 7.87. The molecule has 0 unspecified atom stereocenters. The number of nitrogens with zero attached hydrogens (tertiary/aromatic N) is 1. The van der Waals surface area contributed by atoms with Crippen LogP contribution in [0.25, 0.3) is 0 Å². The normalized spacial score (nSPS) is 18.3. The summed E-state index contributed by atoms with van der Waals surface area (Å²) in [5, 5.41) is 9.25. The summed E-state index contributed by atoms with van der Waals surface area (Å²) in [5.74, 6) is -1.17. The number of piperidine rings is 1. The molecule has 21 heavy (non-hydrogen) atoms. The van der Waals surface area contributed by atoms with Crippen molar-refractivity contribution < 1.29 is 18.3 Å². The van der Waals surface area contributed by atoms with Gasteiger partial charge in [0.05, 0.1) is 0 Å². The van der Waals surface area contributed by atoms with E-state index < -0.39 is 22.2 Å². The second-order valence-electron chi connectivity index (χ2n) is 5.16. The molecule has 0 bridgehead atoms. The SMILES string of the molecule is O=C(O)[C@@H](Cc1ccccc1)NS(=O)(=O)N1CCCCC1. The summed E-state index contributed by atoms with van der Waals surface area (Å²) in [7, 11) is -3.75. The summed E-state index contributed by atoms with van der Waals surface area (Å²) in [4.78, 5) is 11.3. The first-order valence-corrected chi connectivity index (χ1v) is 8.47. The van der Waals surface area contributed by atoms with Crippen molar-refractivity contribution in [1.29, 1.82) is 0 Å². The molecule has 0 amide bonds. The average Bonchev–Trinajstić information content (AvgIpc) is 2.48. The Hall–Kier alpha value is -1.44. The molecule has 1 heterocycles. The Kier molecular flexibility index (Phi) is 5.33. The van der Waals surface area contributed by atoms with Crippen LogP contribution in [0.3, 0.4) is 0 Å². The maximum Gasteiger partial charge on any atom is 0.322 e. The molecule has 6 nitrogen and oxygen atoms in total. The van der Waals surface area contributed by atoms with Crippen molar-refractivity contribution in [2.75, 3.05) is 13.1 Å². The van der Waals surface area contributed by atoms with Gasteiger partial charge >= 0.3 is 5.97 Å². The van der Waals surface area contributed by atoms with E-state index in [4.69, 9.17) is 0 Å². The molecule has 1 aliphatic heterocycles. The molecule has 1 aromatic rings. The van der Waals surface area contributed by atoms with Crippen molar-refractivity contribution in [2.45, 2.75) is 31.7 Å². The van der Waals surface area contributed by atoms with E-state index in [-0.39, 0.29) is 6.42 Å². The number of rotatable bonds is 6. The van der Waals surface area contributed by atoms with E-state index in [1.54, 1.807) is 24.3 Å². The molecular weight excluding hydrogens is 292 g/mol. The van der Waals surface area contributed by atoms with E-state index in [9.17, 15) is 18.3 Å². The lowest BCUT2D eigenvalue weighted by atomic mass is 10.1. The number of nitrogens with one attached hydrogen (secondary N) is 1. The molecule has 0 aromatic heterocycles. The minimum atomic E-state index is -3.75. The van der Waals surface area contributed by atoms with E-state index in [0.717, 1.165) is 24.8 Å². The number of carbonyl (C=O) groups is 1. The van der Waals surface area contributed by atoms with Gasteiger partial charge in [-0.05, 0) is 24.8 Å². The van der Waals surface area contributed by atoms with Crippen LogP contribution in [0.4, 0.5) is 0 Å². The fraction of sp³-hybridized carbons (Fsp3) is 0.500. The largest absolute Gasteiger partial charge is 0.480 e. The molecule has 1 atom stereocenters. The zero-order chi connectivity index (χ0) is 15.3.